The van der Waals surface area contributed by atoms with Crippen LogP contribution in [0.3, 0.4) is 0 Å². The molecule has 1 N–H and O–H groups in total. The molecule has 0 saturated carbocycles. The van der Waals surface area contributed by atoms with Crippen molar-refractivity contribution in [2.45, 2.75) is 33.2 Å². The maximum Gasteiger partial charge on any atom is 0.0661 e. The van der Waals surface area contributed by atoms with Gasteiger partial charge in [0.25, 0.3) is 0 Å². The second kappa shape index (κ2) is 7.85. The van der Waals surface area contributed by atoms with Crippen LogP contribution in [0.2, 0.25) is 0 Å². The zero-order valence-electron chi connectivity index (χ0n) is 10.9. The van der Waals surface area contributed by atoms with E-state index in [1.807, 2.05) is 6.92 Å². The second-order valence-electron chi connectivity index (χ2n) is 4.12. The summed E-state index contributed by atoms with van der Waals surface area (Å²) >= 11 is 3.58. The Morgan fingerprint density at radius 1 is 1.35 bits per heavy atom. The molecule has 0 bridgehead atoms. The Morgan fingerprint density at radius 2 is 2.12 bits per heavy atom. The van der Waals surface area contributed by atoms with Gasteiger partial charge in [-0.05, 0) is 44.0 Å². The molecule has 0 aliphatic rings. The molecule has 1 unspecified atom stereocenters. The van der Waals surface area contributed by atoms with E-state index >= 15 is 0 Å². The third-order valence-corrected chi connectivity index (χ3v) is 3.67. The lowest BCUT2D eigenvalue weighted by Crippen LogP contribution is -2.27. The lowest BCUT2D eigenvalue weighted by Gasteiger charge is -2.21. The summed E-state index contributed by atoms with van der Waals surface area (Å²) in [5, 5.41) is 3.54. The summed E-state index contributed by atoms with van der Waals surface area (Å²) in [5.74, 6) is 0. The van der Waals surface area contributed by atoms with Gasteiger partial charge < -0.3 is 10.1 Å². The molecule has 0 aliphatic carbocycles. The zero-order chi connectivity index (χ0) is 12.7. The minimum atomic E-state index is 0.285. The van der Waals surface area contributed by atoms with Gasteiger partial charge in [0.05, 0.1) is 12.6 Å². The molecule has 2 nitrogen and oxygen atoms in total. The van der Waals surface area contributed by atoms with E-state index in [2.05, 4.69) is 53.3 Å². The molecule has 1 aromatic rings. The molecule has 3 heteroatoms. The highest BCUT2D eigenvalue weighted by molar-refractivity contribution is 9.10. The van der Waals surface area contributed by atoms with E-state index in [1.165, 1.54) is 11.1 Å². The molecule has 96 valence electrons. The highest BCUT2D eigenvalue weighted by Crippen LogP contribution is 2.24. The van der Waals surface area contributed by atoms with Crippen molar-refractivity contribution in [1.82, 2.24) is 5.32 Å². The molecule has 0 aliphatic heterocycles. The van der Waals surface area contributed by atoms with Gasteiger partial charge in [-0.25, -0.2) is 0 Å². The summed E-state index contributed by atoms with van der Waals surface area (Å²) in [5.41, 5.74) is 2.61. The van der Waals surface area contributed by atoms with Gasteiger partial charge >= 0.3 is 0 Å². The van der Waals surface area contributed by atoms with E-state index in [0.29, 0.717) is 0 Å². The Balaban J connectivity index is 2.83. The van der Waals surface area contributed by atoms with Gasteiger partial charge in [-0.1, -0.05) is 35.0 Å². The number of benzene rings is 1. The van der Waals surface area contributed by atoms with Crippen molar-refractivity contribution in [3.63, 3.8) is 0 Å². The van der Waals surface area contributed by atoms with Crippen LogP contribution in [0.4, 0.5) is 0 Å². The number of ether oxygens (including phenoxy) is 1. The van der Waals surface area contributed by atoms with E-state index in [4.69, 9.17) is 4.74 Å². The van der Waals surface area contributed by atoms with Crippen LogP contribution in [0.5, 0.6) is 0 Å². The molecular weight excluding hydrogens is 278 g/mol. The SMILES string of the molecule is CCCNC(COCC)c1cccc(Br)c1C. The number of rotatable bonds is 7. The monoisotopic (exact) mass is 299 g/mol. The Hall–Kier alpha value is -0.380. The molecule has 0 spiro atoms. The summed E-state index contributed by atoms with van der Waals surface area (Å²) < 4.78 is 6.73. The number of nitrogens with one attached hydrogen (secondary N) is 1. The Kier molecular flexibility index (Phi) is 6.78. The molecule has 0 heterocycles. The van der Waals surface area contributed by atoms with Crippen LogP contribution in [0.25, 0.3) is 0 Å². The predicted molar refractivity (Wildman–Crippen MR) is 76.4 cm³/mol. The average molecular weight is 300 g/mol. The van der Waals surface area contributed by atoms with Crippen molar-refractivity contribution >= 4 is 15.9 Å². The van der Waals surface area contributed by atoms with Crippen molar-refractivity contribution in [2.24, 2.45) is 0 Å². The lowest BCUT2D eigenvalue weighted by molar-refractivity contribution is 0.123. The Bertz CT molecular complexity index is 333. The summed E-state index contributed by atoms with van der Waals surface area (Å²) in [6.45, 7) is 8.87. The standard InChI is InChI=1S/C14H22BrNO/c1-4-9-16-14(10-17-5-2)12-7-6-8-13(15)11(12)3/h6-8,14,16H,4-5,9-10H2,1-3H3. The van der Waals surface area contributed by atoms with Crippen LogP contribution < -0.4 is 5.32 Å². The van der Waals surface area contributed by atoms with E-state index < -0.39 is 0 Å². The normalized spacial score (nSPS) is 12.7. The molecule has 1 atom stereocenters. The van der Waals surface area contributed by atoms with Gasteiger partial charge in [-0.2, -0.15) is 0 Å². The maximum absolute atomic E-state index is 5.56. The van der Waals surface area contributed by atoms with E-state index in [9.17, 15) is 0 Å². The number of halogens is 1. The molecule has 1 aromatic carbocycles. The molecule has 0 radical (unpaired) electrons. The van der Waals surface area contributed by atoms with Crippen LogP contribution in [0, 0.1) is 6.92 Å². The fourth-order valence-electron chi connectivity index (χ4n) is 1.81. The quantitative estimate of drug-likeness (QED) is 0.826. The summed E-state index contributed by atoms with van der Waals surface area (Å²) in [6.07, 6.45) is 1.13. The van der Waals surface area contributed by atoms with Gasteiger partial charge in [-0.15, -0.1) is 0 Å². The average Bonchev–Trinajstić information content (AvgIpc) is 2.34. The first-order chi connectivity index (χ1) is 8.20. The number of hydrogen-bond acceptors (Lipinski definition) is 2. The Labute approximate surface area is 113 Å². The van der Waals surface area contributed by atoms with E-state index in [-0.39, 0.29) is 6.04 Å². The van der Waals surface area contributed by atoms with Gasteiger partial charge in [0.2, 0.25) is 0 Å². The second-order valence-corrected chi connectivity index (χ2v) is 4.97. The summed E-state index contributed by atoms with van der Waals surface area (Å²) in [6, 6.07) is 6.62. The Morgan fingerprint density at radius 3 is 2.76 bits per heavy atom. The smallest absolute Gasteiger partial charge is 0.0661 e. The zero-order valence-corrected chi connectivity index (χ0v) is 12.5. The van der Waals surface area contributed by atoms with E-state index in [0.717, 1.165) is 30.7 Å². The van der Waals surface area contributed by atoms with Crippen molar-refractivity contribution in [1.29, 1.82) is 0 Å². The van der Waals surface area contributed by atoms with Gasteiger partial charge in [0.15, 0.2) is 0 Å². The highest BCUT2D eigenvalue weighted by atomic mass is 79.9. The van der Waals surface area contributed by atoms with Crippen molar-refractivity contribution in [3.8, 4) is 0 Å². The molecule has 17 heavy (non-hydrogen) atoms. The van der Waals surface area contributed by atoms with Crippen LogP contribution in [0.1, 0.15) is 37.4 Å². The number of hydrogen-bond donors (Lipinski definition) is 1. The first-order valence-electron chi connectivity index (χ1n) is 6.26. The molecule has 0 amide bonds. The van der Waals surface area contributed by atoms with Crippen LogP contribution >= 0.6 is 15.9 Å². The van der Waals surface area contributed by atoms with Crippen LogP contribution in [0.15, 0.2) is 22.7 Å². The van der Waals surface area contributed by atoms with Crippen LogP contribution in [-0.4, -0.2) is 19.8 Å². The largest absolute Gasteiger partial charge is 0.380 e. The van der Waals surface area contributed by atoms with Gasteiger partial charge in [0, 0.05) is 11.1 Å². The highest BCUT2D eigenvalue weighted by Gasteiger charge is 2.14. The third-order valence-electron chi connectivity index (χ3n) is 2.81. The van der Waals surface area contributed by atoms with Crippen LogP contribution in [-0.2, 0) is 4.74 Å². The minimum Gasteiger partial charge on any atom is -0.380 e. The lowest BCUT2D eigenvalue weighted by atomic mass is 10.0. The maximum atomic E-state index is 5.56. The predicted octanol–water partition coefficient (Wildman–Crippen LogP) is 3.83. The molecule has 1 rings (SSSR count). The third kappa shape index (κ3) is 4.41. The fraction of sp³-hybridized carbons (Fsp3) is 0.571. The summed E-state index contributed by atoms with van der Waals surface area (Å²) in [4.78, 5) is 0. The first-order valence-corrected chi connectivity index (χ1v) is 7.06. The fourth-order valence-corrected chi connectivity index (χ4v) is 2.20. The minimum absolute atomic E-state index is 0.285. The van der Waals surface area contributed by atoms with Crippen molar-refractivity contribution in [3.05, 3.63) is 33.8 Å². The first kappa shape index (κ1) is 14.7. The molecule has 0 aromatic heterocycles. The van der Waals surface area contributed by atoms with Gasteiger partial charge in [-0.3, -0.25) is 0 Å². The van der Waals surface area contributed by atoms with Gasteiger partial charge in [0.1, 0.15) is 0 Å². The van der Waals surface area contributed by atoms with Crippen molar-refractivity contribution < 1.29 is 4.74 Å². The van der Waals surface area contributed by atoms with E-state index in [1.54, 1.807) is 0 Å². The molecule has 0 fully saturated rings. The van der Waals surface area contributed by atoms with Crippen molar-refractivity contribution in [2.75, 3.05) is 19.8 Å². The molecular formula is C14H22BrNO. The summed E-state index contributed by atoms with van der Waals surface area (Å²) in [7, 11) is 0. The topological polar surface area (TPSA) is 21.3 Å². The molecule has 0 saturated heterocycles.